The van der Waals surface area contributed by atoms with Crippen molar-refractivity contribution in [3.63, 3.8) is 0 Å². The minimum Gasteiger partial charge on any atom is -0.481 e. The van der Waals surface area contributed by atoms with E-state index in [1.165, 1.54) is 24.3 Å². The van der Waals surface area contributed by atoms with Crippen LogP contribution in [0.1, 0.15) is 23.5 Å². The van der Waals surface area contributed by atoms with E-state index in [2.05, 4.69) is 10.0 Å². The van der Waals surface area contributed by atoms with Crippen LogP contribution in [-0.4, -0.2) is 25.5 Å². The summed E-state index contributed by atoms with van der Waals surface area (Å²) >= 11 is 0. The summed E-state index contributed by atoms with van der Waals surface area (Å²) in [5, 5.41) is 11.7. The van der Waals surface area contributed by atoms with E-state index in [0.717, 1.165) is 5.56 Å². The SMILES string of the molecule is NC(=O)Nc1cccc(S(=O)(=O)Nc2cccc(C(CC(=O)O)c3ccccc3)c2)c1. The molecule has 1 atom stereocenters. The number of nitrogens with one attached hydrogen (secondary N) is 2. The van der Waals surface area contributed by atoms with Gasteiger partial charge in [0.05, 0.1) is 11.3 Å². The predicted octanol–water partition coefficient (Wildman–Crippen LogP) is 3.58. The molecule has 0 bridgehead atoms. The van der Waals surface area contributed by atoms with Gasteiger partial charge in [0.1, 0.15) is 0 Å². The number of nitrogens with two attached hydrogens (primary N) is 1. The van der Waals surface area contributed by atoms with E-state index in [-0.39, 0.29) is 22.7 Å². The molecule has 5 N–H and O–H groups in total. The van der Waals surface area contributed by atoms with Gasteiger partial charge in [-0.3, -0.25) is 9.52 Å². The molecular weight excluding hydrogens is 418 g/mol. The molecular formula is C22H21N3O5S. The molecule has 31 heavy (non-hydrogen) atoms. The van der Waals surface area contributed by atoms with E-state index in [0.29, 0.717) is 5.56 Å². The molecule has 0 saturated carbocycles. The van der Waals surface area contributed by atoms with E-state index < -0.39 is 27.9 Å². The Balaban J connectivity index is 1.90. The summed E-state index contributed by atoms with van der Waals surface area (Å²) in [7, 11) is -3.96. The molecule has 0 aliphatic carbocycles. The lowest BCUT2D eigenvalue weighted by molar-refractivity contribution is -0.137. The van der Waals surface area contributed by atoms with Crippen molar-refractivity contribution in [1.29, 1.82) is 0 Å². The summed E-state index contributed by atoms with van der Waals surface area (Å²) in [6.45, 7) is 0. The van der Waals surface area contributed by atoms with Crippen molar-refractivity contribution >= 4 is 33.4 Å². The van der Waals surface area contributed by atoms with Crippen molar-refractivity contribution in [2.45, 2.75) is 17.2 Å². The molecule has 3 rings (SSSR count). The molecule has 1 unspecified atom stereocenters. The first-order chi connectivity index (χ1) is 14.7. The number of benzene rings is 3. The number of anilines is 2. The van der Waals surface area contributed by atoms with Gasteiger partial charge in [-0.1, -0.05) is 48.5 Å². The van der Waals surface area contributed by atoms with Gasteiger partial charge in [0, 0.05) is 17.3 Å². The Hall–Kier alpha value is -3.85. The first kappa shape index (κ1) is 21.8. The fourth-order valence-electron chi connectivity index (χ4n) is 3.20. The maximum Gasteiger partial charge on any atom is 0.316 e. The number of sulfonamides is 1. The maximum absolute atomic E-state index is 12.8. The number of aliphatic carboxylic acids is 1. The van der Waals surface area contributed by atoms with Crippen LogP contribution in [0.15, 0.2) is 83.8 Å². The van der Waals surface area contributed by atoms with Gasteiger partial charge in [0.15, 0.2) is 0 Å². The first-order valence-electron chi connectivity index (χ1n) is 9.30. The molecule has 0 spiro atoms. The Bertz CT molecular complexity index is 1200. The minimum atomic E-state index is -3.96. The Morgan fingerprint density at radius 2 is 1.52 bits per heavy atom. The lowest BCUT2D eigenvalue weighted by Crippen LogP contribution is -2.20. The molecule has 0 aliphatic rings. The first-order valence-corrected chi connectivity index (χ1v) is 10.8. The molecule has 0 radical (unpaired) electrons. The summed E-state index contributed by atoms with van der Waals surface area (Å²) in [5.41, 5.74) is 7.09. The average Bonchev–Trinajstić information content (AvgIpc) is 2.72. The number of amides is 2. The number of hydrogen-bond donors (Lipinski definition) is 4. The van der Waals surface area contributed by atoms with Crippen LogP contribution in [0.5, 0.6) is 0 Å². The molecule has 0 aliphatic heterocycles. The monoisotopic (exact) mass is 439 g/mol. The molecule has 2 amide bonds. The van der Waals surface area contributed by atoms with Crippen molar-refractivity contribution in [3.05, 3.63) is 90.0 Å². The van der Waals surface area contributed by atoms with Gasteiger partial charge < -0.3 is 16.2 Å². The van der Waals surface area contributed by atoms with E-state index in [1.54, 1.807) is 24.3 Å². The van der Waals surface area contributed by atoms with Crippen molar-refractivity contribution in [2.24, 2.45) is 5.73 Å². The Labute approximate surface area is 179 Å². The number of rotatable bonds is 8. The standard InChI is InChI=1S/C22H21N3O5S/c23-22(28)24-17-9-5-11-19(13-17)31(29,30)25-18-10-4-8-16(12-18)20(14-21(26)27)15-6-2-1-3-7-15/h1-13,20,25H,14H2,(H,26,27)(H3,23,24,28). The van der Waals surface area contributed by atoms with Gasteiger partial charge in [-0.25, -0.2) is 13.2 Å². The third-order valence-electron chi connectivity index (χ3n) is 4.53. The summed E-state index contributed by atoms with van der Waals surface area (Å²) in [5.74, 6) is -1.40. The molecule has 3 aromatic carbocycles. The fourth-order valence-corrected chi connectivity index (χ4v) is 4.30. The highest BCUT2D eigenvalue weighted by molar-refractivity contribution is 7.92. The van der Waals surface area contributed by atoms with Gasteiger partial charge in [0.2, 0.25) is 0 Å². The highest BCUT2D eigenvalue weighted by atomic mass is 32.2. The molecule has 160 valence electrons. The summed E-state index contributed by atoms with van der Waals surface area (Å²) in [4.78, 5) is 22.4. The lowest BCUT2D eigenvalue weighted by Gasteiger charge is -2.17. The quantitative estimate of drug-likeness (QED) is 0.425. The fraction of sp³-hybridized carbons (Fsp3) is 0.0909. The molecule has 0 aromatic heterocycles. The van der Waals surface area contributed by atoms with Crippen LogP contribution in [0.4, 0.5) is 16.2 Å². The molecule has 9 heteroatoms. The van der Waals surface area contributed by atoms with E-state index in [1.807, 2.05) is 30.3 Å². The second-order valence-corrected chi connectivity index (χ2v) is 8.49. The van der Waals surface area contributed by atoms with Crippen LogP contribution in [0.2, 0.25) is 0 Å². The van der Waals surface area contributed by atoms with E-state index in [9.17, 15) is 23.1 Å². The van der Waals surface area contributed by atoms with Gasteiger partial charge in [0.25, 0.3) is 10.0 Å². The third kappa shape index (κ3) is 5.83. The topological polar surface area (TPSA) is 139 Å². The van der Waals surface area contributed by atoms with Crippen LogP contribution < -0.4 is 15.8 Å². The Morgan fingerprint density at radius 3 is 2.19 bits per heavy atom. The largest absolute Gasteiger partial charge is 0.481 e. The molecule has 8 nitrogen and oxygen atoms in total. The Kier molecular flexibility index (Phi) is 6.56. The van der Waals surface area contributed by atoms with Crippen molar-refractivity contribution in [2.75, 3.05) is 10.0 Å². The van der Waals surface area contributed by atoms with Crippen LogP contribution in [0.25, 0.3) is 0 Å². The second kappa shape index (κ2) is 9.31. The molecule has 0 fully saturated rings. The van der Waals surface area contributed by atoms with Crippen LogP contribution in [0, 0.1) is 0 Å². The van der Waals surface area contributed by atoms with Gasteiger partial charge >= 0.3 is 12.0 Å². The van der Waals surface area contributed by atoms with Gasteiger partial charge in [-0.15, -0.1) is 0 Å². The molecule has 3 aromatic rings. The van der Waals surface area contributed by atoms with Crippen LogP contribution >= 0.6 is 0 Å². The number of carbonyl (C=O) groups excluding carboxylic acids is 1. The zero-order chi connectivity index (χ0) is 22.4. The van der Waals surface area contributed by atoms with Gasteiger partial charge in [-0.2, -0.15) is 0 Å². The number of carboxylic acid groups (broad SMARTS) is 1. The van der Waals surface area contributed by atoms with Crippen molar-refractivity contribution in [1.82, 2.24) is 0 Å². The zero-order valence-electron chi connectivity index (χ0n) is 16.4. The lowest BCUT2D eigenvalue weighted by atomic mass is 9.88. The van der Waals surface area contributed by atoms with Crippen molar-refractivity contribution < 1.29 is 23.1 Å². The minimum absolute atomic E-state index is 0.0608. The number of carbonyl (C=O) groups is 2. The summed E-state index contributed by atoms with van der Waals surface area (Å²) in [6.07, 6.45) is -0.138. The zero-order valence-corrected chi connectivity index (χ0v) is 17.2. The van der Waals surface area contributed by atoms with E-state index in [4.69, 9.17) is 5.73 Å². The highest BCUT2D eigenvalue weighted by Crippen LogP contribution is 2.30. The normalized spacial score (nSPS) is 12.0. The third-order valence-corrected chi connectivity index (χ3v) is 5.91. The number of carboxylic acids is 1. The second-order valence-electron chi connectivity index (χ2n) is 6.81. The predicted molar refractivity (Wildman–Crippen MR) is 117 cm³/mol. The van der Waals surface area contributed by atoms with Crippen LogP contribution in [-0.2, 0) is 14.8 Å². The number of urea groups is 1. The van der Waals surface area contributed by atoms with Gasteiger partial charge in [-0.05, 0) is 41.5 Å². The van der Waals surface area contributed by atoms with E-state index >= 15 is 0 Å². The van der Waals surface area contributed by atoms with Crippen molar-refractivity contribution in [3.8, 4) is 0 Å². The molecule has 0 heterocycles. The maximum atomic E-state index is 12.8. The average molecular weight is 439 g/mol. The molecule has 0 saturated heterocycles. The highest BCUT2D eigenvalue weighted by Gasteiger charge is 2.20. The Morgan fingerprint density at radius 1 is 0.871 bits per heavy atom. The smallest absolute Gasteiger partial charge is 0.316 e. The number of primary amides is 1. The summed E-state index contributed by atoms with van der Waals surface area (Å²) in [6, 6.07) is 20.6. The number of hydrogen-bond acceptors (Lipinski definition) is 4. The van der Waals surface area contributed by atoms with Crippen LogP contribution in [0.3, 0.4) is 0 Å². The summed E-state index contributed by atoms with van der Waals surface area (Å²) < 4.78 is 28.1.